The zero-order valence-electron chi connectivity index (χ0n) is 18.1. The van der Waals surface area contributed by atoms with E-state index in [1.165, 1.54) is 26.3 Å². The number of aliphatic carboxylic acids is 1. The van der Waals surface area contributed by atoms with Gasteiger partial charge in [-0.1, -0.05) is 19.9 Å². The molecule has 4 rings (SSSR count). The number of carbonyl (C=O) groups excluding carboxylic acids is 2. The molecule has 0 amide bonds. The molecule has 2 unspecified atom stereocenters. The second-order valence-electron chi connectivity index (χ2n) is 9.76. The summed E-state index contributed by atoms with van der Waals surface area (Å²) in [6.45, 7) is 8.77. The van der Waals surface area contributed by atoms with E-state index in [9.17, 15) is 14.4 Å². The van der Waals surface area contributed by atoms with Gasteiger partial charge in [-0.15, -0.1) is 0 Å². The number of carboxylic acid groups (broad SMARTS) is 1. The molecular formula is C23H34O6. The molecule has 0 radical (unpaired) electrons. The van der Waals surface area contributed by atoms with Crippen LogP contribution in [0.2, 0.25) is 0 Å². The van der Waals surface area contributed by atoms with Crippen molar-refractivity contribution in [2.45, 2.75) is 78.4 Å². The summed E-state index contributed by atoms with van der Waals surface area (Å²) >= 11 is 0. The highest BCUT2D eigenvalue weighted by molar-refractivity contribution is 5.87. The van der Waals surface area contributed by atoms with Gasteiger partial charge in [0, 0.05) is 5.57 Å². The molecule has 0 aliphatic heterocycles. The summed E-state index contributed by atoms with van der Waals surface area (Å²) in [5.41, 5.74) is -0.395. The lowest BCUT2D eigenvalue weighted by Gasteiger charge is -2.61. The first kappa shape index (κ1) is 21.8. The van der Waals surface area contributed by atoms with Gasteiger partial charge in [-0.3, -0.25) is 4.79 Å². The topological polar surface area (TPSA) is 89.9 Å². The van der Waals surface area contributed by atoms with Crippen molar-refractivity contribution in [3.63, 3.8) is 0 Å². The van der Waals surface area contributed by atoms with E-state index in [1.807, 2.05) is 0 Å². The number of rotatable bonds is 7. The molecule has 4 saturated carbocycles. The Hall–Kier alpha value is -1.85. The van der Waals surface area contributed by atoms with Crippen molar-refractivity contribution in [2.24, 2.45) is 35.5 Å². The maximum absolute atomic E-state index is 12.9. The van der Waals surface area contributed by atoms with E-state index in [0.717, 1.165) is 37.5 Å². The van der Waals surface area contributed by atoms with E-state index in [0.29, 0.717) is 11.8 Å². The quantitative estimate of drug-likeness (QED) is 0.508. The van der Waals surface area contributed by atoms with Gasteiger partial charge in [0.15, 0.2) is 6.10 Å². The Balaban J connectivity index is 1.67. The van der Waals surface area contributed by atoms with Crippen LogP contribution in [0.25, 0.3) is 0 Å². The maximum Gasteiger partial charge on any atom is 0.347 e. The van der Waals surface area contributed by atoms with Gasteiger partial charge in [-0.2, -0.15) is 0 Å². The summed E-state index contributed by atoms with van der Waals surface area (Å²) in [4.78, 5) is 36.2. The summed E-state index contributed by atoms with van der Waals surface area (Å²) in [5.74, 6) is -0.420. The molecular weight excluding hydrogens is 372 g/mol. The van der Waals surface area contributed by atoms with Crippen molar-refractivity contribution < 1.29 is 29.0 Å². The average Bonchev–Trinajstić information content (AvgIpc) is 2.63. The molecule has 0 aromatic carbocycles. The number of hydrogen-bond donors (Lipinski definition) is 1. The molecule has 6 heteroatoms. The largest absolute Gasteiger partial charge is 0.478 e. The lowest BCUT2D eigenvalue weighted by Crippen LogP contribution is -2.62. The van der Waals surface area contributed by atoms with Gasteiger partial charge in [-0.25, -0.2) is 9.59 Å². The predicted molar refractivity (Wildman–Crippen MR) is 107 cm³/mol. The number of hydrogen-bond acceptors (Lipinski definition) is 5. The smallest absolute Gasteiger partial charge is 0.347 e. The van der Waals surface area contributed by atoms with Gasteiger partial charge >= 0.3 is 17.9 Å². The van der Waals surface area contributed by atoms with Crippen LogP contribution in [0, 0.1) is 35.5 Å². The lowest BCUT2D eigenvalue weighted by atomic mass is 9.47. The minimum atomic E-state index is -1.09. The molecule has 1 N–H and O–H groups in total. The van der Waals surface area contributed by atoms with E-state index >= 15 is 0 Å². The highest BCUT2D eigenvalue weighted by Gasteiger charge is 2.61. The van der Waals surface area contributed by atoms with Crippen LogP contribution in [-0.4, -0.2) is 34.7 Å². The Morgan fingerprint density at radius 3 is 1.90 bits per heavy atom. The third-order valence-electron chi connectivity index (χ3n) is 7.43. The molecule has 0 spiro atoms. The Labute approximate surface area is 173 Å². The van der Waals surface area contributed by atoms with E-state index in [4.69, 9.17) is 14.6 Å². The fourth-order valence-electron chi connectivity index (χ4n) is 6.25. The third kappa shape index (κ3) is 4.08. The second kappa shape index (κ2) is 8.11. The molecule has 0 saturated heterocycles. The average molecular weight is 407 g/mol. The number of carboxylic acids is 1. The van der Waals surface area contributed by atoms with Crippen molar-refractivity contribution in [2.75, 3.05) is 0 Å². The predicted octanol–water partition coefficient (Wildman–Crippen LogP) is 3.98. The first-order valence-corrected chi connectivity index (χ1v) is 10.9. The standard InChI is InChI=1S/C23H34O6/c1-12(2)23(18-8-16-7-17(10-18)11-19(23)9-16)29-22(27)15(5)28-21(26)14(4)6-13(3)20(24)25/h6,12,14-19H,7-11H2,1-5H3,(H,24,25). The van der Waals surface area contributed by atoms with Crippen LogP contribution in [0.5, 0.6) is 0 Å². The van der Waals surface area contributed by atoms with E-state index in [1.54, 1.807) is 6.92 Å². The molecule has 4 aliphatic carbocycles. The summed E-state index contributed by atoms with van der Waals surface area (Å²) in [5, 5.41) is 8.95. The molecule has 0 aromatic heterocycles. The molecule has 0 aromatic rings. The second-order valence-corrected chi connectivity index (χ2v) is 9.76. The maximum atomic E-state index is 12.9. The normalized spacial score (nSPS) is 35.3. The monoisotopic (exact) mass is 406 g/mol. The fraction of sp³-hybridized carbons (Fsp3) is 0.783. The number of esters is 2. The van der Waals surface area contributed by atoms with Crippen molar-refractivity contribution in [1.82, 2.24) is 0 Å². The van der Waals surface area contributed by atoms with Crippen LogP contribution in [0.3, 0.4) is 0 Å². The first-order valence-electron chi connectivity index (χ1n) is 10.9. The molecule has 4 fully saturated rings. The summed E-state index contributed by atoms with van der Waals surface area (Å²) in [6, 6.07) is 0. The number of carbonyl (C=O) groups is 3. The molecule has 2 atom stereocenters. The van der Waals surface area contributed by atoms with Crippen molar-refractivity contribution in [3.05, 3.63) is 11.6 Å². The Bertz CT molecular complexity index is 678. The zero-order chi connectivity index (χ0) is 21.5. The highest BCUT2D eigenvalue weighted by Crippen LogP contribution is 2.61. The van der Waals surface area contributed by atoms with Crippen molar-refractivity contribution in [3.8, 4) is 0 Å². The van der Waals surface area contributed by atoms with Gasteiger partial charge < -0.3 is 14.6 Å². The number of ether oxygens (including phenoxy) is 2. The fourth-order valence-corrected chi connectivity index (χ4v) is 6.25. The van der Waals surface area contributed by atoms with Gasteiger partial charge in [0.05, 0.1) is 5.92 Å². The van der Waals surface area contributed by atoms with E-state index < -0.39 is 35.5 Å². The Morgan fingerprint density at radius 2 is 1.45 bits per heavy atom. The summed E-state index contributed by atoms with van der Waals surface area (Å²) in [6.07, 6.45) is 6.15. The van der Waals surface area contributed by atoms with E-state index in [2.05, 4.69) is 13.8 Å². The van der Waals surface area contributed by atoms with Crippen LogP contribution < -0.4 is 0 Å². The lowest BCUT2D eigenvalue weighted by molar-refractivity contribution is -0.231. The minimum absolute atomic E-state index is 0.0667. The van der Waals surface area contributed by atoms with Crippen LogP contribution in [0.4, 0.5) is 0 Å². The highest BCUT2D eigenvalue weighted by atomic mass is 16.6. The minimum Gasteiger partial charge on any atom is -0.478 e. The van der Waals surface area contributed by atoms with Crippen molar-refractivity contribution in [1.29, 1.82) is 0 Å². The summed E-state index contributed by atoms with van der Waals surface area (Å²) < 4.78 is 11.5. The third-order valence-corrected chi connectivity index (χ3v) is 7.43. The molecule has 4 aliphatic rings. The molecule has 6 nitrogen and oxygen atoms in total. The molecule has 29 heavy (non-hydrogen) atoms. The zero-order valence-corrected chi connectivity index (χ0v) is 18.1. The van der Waals surface area contributed by atoms with Crippen molar-refractivity contribution >= 4 is 17.9 Å². The van der Waals surface area contributed by atoms with Crippen LogP contribution in [0.15, 0.2) is 11.6 Å². The van der Waals surface area contributed by atoms with E-state index in [-0.39, 0.29) is 11.5 Å². The van der Waals surface area contributed by atoms with Crippen LogP contribution >= 0.6 is 0 Å². The first-order chi connectivity index (χ1) is 13.5. The molecule has 162 valence electrons. The SMILES string of the molecule is CC(=CC(C)C(=O)OC(C)C(=O)OC1(C(C)C)C2CC3CC(C2)CC1C3)C(=O)O. The molecule has 4 bridgehead atoms. The molecule has 0 heterocycles. The Kier molecular flexibility index (Phi) is 6.11. The van der Waals surface area contributed by atoms with Gasteiger partial charge in [0.1, 0.15) is 5.60 Å². The van der Waals surface area contributed by atoms with Gasteiger partial charge in [-0.05, 0) is 82.5 Å². The van der Waals surface area contributed by atoms with Crippen LogP contribution in [0.1, 0.15) is 66.7 Å². The van der Waals surface area contributed by atoms with Gasteiger partial charge in [0.2, 0.25) is 0 Å². The Morgan fingerprint density at radius 1 is 0.931 bits per heavy atom. The van der Waals surface area contributed by atoms with Crippen LogP contribution in [-0.2, 0) is 23.9 Å². The summed E-state index contributed by atoms with van der Waals surface area (Å²) in [7, 11) is 0. The van der Waals surface area contributed by atoms with Gasteiger partial charge in [0.25, 0.3) is 0 Å².